The van der Waals surface area contributed by atoms with Crippen molar-refractivity contribution >= 4 is 11.8 Å². The van der Waals surface area contributed by atoms with Gasteiger partial charge in [-0.2, -0.15) is 10.4 Å². The highest BCUT2D eigenvalue weighted by Crippen LogP contribution is 2.14. The summed E-state index contributed by atoms with van der Waals surface area (Å²) >= 11 is 0. The number of carbonyl (C=O) groups is 1. The first kappa shape index (κ1) is 14.8. The van der Waals surface area contributed by atoms with Crippen LogP contribution in [0.1, 0.15) is 11.3 Å². The summed E-state index contributed by atoms with van der Waals surface area (Å²) in [6.07, 6.45) is 3.29. The van der Waals surface area contributed by atoms with Gasteiger partial charge in [0.05, 0.1) is 23.9 Å². The lowest BCUT2D eigenvalue weighted by Gasteiger charge is -2.35. The van der Waals surface area contributed by atoms with E-state index >= 15 is 0 Å². The number of aromatic amines is 1. The Kier molecular flexibility index (Phi) is 4.38. The summed E-state index contributed by atoms with van der Waals surface area (Å²) in [7, 11) is 0. The Bertz CT molecular complexity index is 699. The maximum absolute atomic E-state index is 12.1. The van der Waals surface area contributed by atoms with Crippen LogP contribution in [0, 0.1) is 11.3 Å². The molecule has 118 valence electrons. The van der Waals surface area contributed by atoms with Crippen molar-refractivity contribution in [2.45, 2.75) is 6.54 Å². The van der Waals surface area contributed by atoms with Gasteiger partial charge in [-0.1, -0.05) is 0 Å². The Morgan fingerprint density at radius 2 is 2.13 bits per heavy atom. The van der Waals surface area contributed by atoms with E-state index in [4.69, 9.17) is 5.26 Å². The van der Waals surface area contributed by atoms with E-state index in [9.17, 15) is 4.79 Å². The molecule has 2 aromatic rings. The fourth-order valence-electron chi connectivity index (χ4n) is 2.47. The van der Waals surface area contributed by atoms with Gasteiger partial charge in [0.1, 0.15) is 5.82 Å². The number of aromatic nitrogens is 3. The Labute approximate surface area is 133 Å². The van der Waals surface area contributed by atoms with Crippen LogP contribution in [0.4, 0.5) is 10.6 Å². The highest BCUT2D eigenvalue weighted by molar-refractivity contribution is 5.74. The summed E-state index contributed by atoms with van der Waals surface area (Å²) < 4.78 is 0. The molecule has 0 aliphatic carbocycles. The number of nitriles is 1. The van der Waals surface area contributed by atoms with Crippen molar-refractivity contribution < 1.29 is 4.79 Å². The molecular weight excluding hydrogens is 294 g/mol. The van der Waals surface area contributed by atoms with E-state index in [0.29, 0.717) is 38.3 Å². The van der Waals surface area contributed by atoms with Crippen molar-refractivity contribution in [1.29, 1.82) is 5.26 Å². The van der Waals surface area contributed by atoms with Gasteiger partial charge in [-0.15, -0.1) is 0 Å². The molecule has 0 radical (unpaired) electrons. The molecule has 1 saturated heterocycles. The zero-order valence-electron chi connectivity index (χ0n) is 12.6. The van der Waals surface area contributed by atoms with Crippen LogP contribution in [0.5, 0.6) is 0 Å². The average molecular weight is 311 g/mol. The largest absolute Gasteiger partial charge is 0.353 e. The Hall–Kier alpha value is -3.08. The molecule has 3 rings (SSSR count). The van der Waals surface area contributed by atoms with Gasteiger partial charge in [-0.3, -0.25) is 5.10 Å². The lowest BCUT2D eigenvalue weighted by molar-refractivity contribution is 0.193. The molecular formula is C15H17N7O. The molecule has 23 heavy (non-hydrogen) atoms. The second-order valence-corrected chi connectivity index (χ2v) is 5.23. The van der Waals surface area contributed by atoms with Crippen LogP contribution in [0.25, 0.3) is 0 Å². The highest BCUT2D eigenvalue weighted by atomic mass is 16.2. The predicted molar refractivity (Wildman–Crippen MR) is 83.6 cm³/mol. The van der Waals surface area contributed by atoms with E-state index in [1.54, 1.807) is 29.4 Å². The minimum absolute atomic E-state index is 0.0852. The molecule has 0 aromatic carbocycles. The number of rotatable bonds is 3. The number of nitrogens with one attached hydrogen (secondary N) is 2. The van der Waals surface area contributed by atoms with Crippen LogP contribution in [0.15, 0.2) is 30.6 Å². The van der Waals surface area contributed by atoms with E-state index in [2.05, 4.69) is 31.5 Å². The lowest BCUT2D eigenvalue weighted by Crippen LogP contribution is -2.51. The smallest absolute Gasteiger partial charge is 0.317 e. The molecule has 2 amide bonds. The third-order valence-corrected chi connectivity index (χ3v) is 3.75. The van der Waals surface area contributed by atoms with Crippen molar-refractivity contribution in [2.24, 2.45) is 0 Å². The fraction of sp³-hybridized carbons (Fsp3) is 0.333. The van der Waals surface area contributed by atoms with Crippen molar-refractivity contribution in [3.8, 4) is 6.07 Å². The lowest BCUT2D eigenvalue weighted by atomic mass is 10.2. The minimum atomic E-state index is -0.0852. The summed E-state index contributed by atoms with van der Waals surface area (Å²) in [5, 5.41) is 18.5. The summed E-state index contributed by atoms with van der Waals surface area (Å²) in [6, 6.07) is 7.31. The van der Waals surface area contributed by atoms with Crippen LogP contribution in [0.2, 0.25) is 0 Å². The minimum Gasteiger partial charge on any atom is -0.353 e. The van der Waals surface area contributed by atoms with E-state index in [-0.39, 0.29) is 6.03 Å². The number of H-pyrrole nitrogens is 1. The fourth-order valence-corrected chi connectivity index (χ4v) is 2.47. The van der Waals surface area contributed by atoms with Crippen molar-refractivity contribution in [1.82, 2.24) is 25.4 Å². The van der Waals surface area contributed by atoms with E-state index in [1.165, 1.54) is 0 Å². The first-order valence-electron chi connectivity index (χ1n) is 7.38. The summed E-state index contributed by atoms with van der Waals surface area (Å²) in [5.41, 5.74) is 1.46. The molecule has 0 saturated carbocycles. The van der Waals surface area contributed by atoms with Crippen molar-refractivity contribution in [3.05, 3.63) is 41.9 Å². The number of anilines is 1. The van der Waals surface area contributed by atoms with Crippen LogP contribution < -0.4 is 10.2 Å². The van der Waals surface area contributed by atoms with Gasteiger partial charge in [-0.05, 0) is 18.2 Å². The number of pyridine rings is 1. The van der Waals surface area contributed by atoms with E-state index in [1.807, 2.05) is 6.07 Å². The highest BCUT2D eigenvalue weighted by Gasteiger charge is 2.21. The van der Waals surface area contributed by atoms with Crippen LogP contribution in [-0.4, -0.2) is 52.3 Å². The SMILES string of the molecule is N#Cc1ccnc(N2CCN(C(=O)NCc3ccn[nH]3)CC2)c1. The van der Waals surface area contributed by atoms with Gasteiger partial charge in [0.15, 0.2) is 0 Å². The number of amides is 2. The molecule has 2 N–H and O–H groups in total. The monoisotopic (exact) mass is 311 g/mol. The maximum Gasteiger partial charge on any atom is 0.317 e. The Morgan fingerprint density at radius 3 is 2.83 bits per heavy atom. The zero-order chi connectivity index (χ0) is 16.1. The number of piperazine rings is 1. The predicted octanol–water partition coefficient (Wildman–Crippen LogP) is 0.708. The van der Waals surface area contributed by atoms with Gasteiger partial charge >= 0.3 is 6.03 Å². The molecule has 8 heteroatoms. The Balaban J connectivity index is 1.51. The normalized spacial score (nSPS) is 14.4. The molecule has 2 aromatic heterocycles. The van der Waals surface area contributed by atoms with E-state index < -0.39 is 0 Å². The van der Waals surface area contributed by atoms with Gasteiger partial charge in [0.25, 0.3) is 0 Å². The zero-order valence-corrected chi connectivity index (χ0v) is 12.6. The number of carbonyl (C=O) groups excluding carboxylic acids is 1. The molecule has 1 aliphatic heterocycles. The summed E-state index contributed by atoms with van der Waals surface area (Å²) in [5.74, 6) is 0.779. The summed E-state index contributed by atoms with van der Waals surface area (Å²) in [6.45, 7) is 3.06. The molecule has 3 heterocycles. The Morgan fingerprint density at radius 1 is 1.30 bits per heavy atom. The van der Waals surface area contributed by atoms with Crippen LogP contribution in [-0.2, 0) is 6.54 Å². The van der Waals surface area contributed by atoms with Crippen molar-refractivity contribution in [2.75, 3.05) is 31.1 Å². The second kappa shape index (κ2) is 6.79. The topological polar surface area (TPSA) is 101 Å². The third-order valence-electron chi connectivity index (χ3n) is 3.75. The number of urea groups is 1. The molecule has 1 aliphatic rings. The number of nitrogens with zero attached hydrogens (tertiary/aromatic N) is 5. The quantitative estimate of drug-likeness (QED) is 0.869. The van der Waals surface area contributed by atoms with Crippen molar-refractivity contribution in [3.63, 3.8) is 0 Å². The molecule has 0 bridgehead atoms. The van der Waals surface area contributed by atoms with Gasteiger partial charge in [-0.25, -0.2) is 9.78 Å². The van der Waals surface area contributed by atoms with E-state index in [0.717, 1.165) is 11.5 Å². The van der Waals surface area contributed by atoms with Gasteiger partial charge in [0, 0.05) is 38.6 Å². The molecule has 0 spiro atoms. The molecule has 0 unspecified atom stereocenters. The number of hydrogen-bond donors (Lipinski definition) is 2. The first-order valence-corrected chi connectivity index (χ1v) is 7.38. The van der Waals surface area contributed by atoms with Gasteiger partial charge < -0.3 is 15.1 Å². The maximum atomic E-state index is 12.1. The summed E-state index contributed by atoms with van der Waals surface area (Å²) in [4.78, 5) is 20.3. The molecule has 8 nitrogen and oxygen atoms in total. The average Bonchev–Trinajstić information content (AvgIpc) is 3.13. The third kappa shape index (κ3) is 3.58. The first-order chi connectivity index (χ1) is 11.3. The molecule has 0 atom stereocenters. The standard InChI is InChI=1S/C15H17N7O/c16-10-12-1-3-17-14(9-12)21-5-7-22(8-6-21)15(23)18-11-13-2-4-19-20-13/h1-4,9H,5-8,11H2,(H,18,23)(H,19,20). The van der Waals surface area contributed by atoms with Crippen LogP contribution in [0.3, 0.4) is 0 Å². The second-order valence-electron chi connectivity index (χ2n) is 5.23. The van der Waals surface area contributed by atoms with Crippen LogP contribution >= 0.6 is 0 Å². The molecule has 1 fully saturated rings. The number of hydrogen-bond acceptors (Lipinski definition) is 5. The van der Waals surface area contributed by atoms with Gasteiger partial charge in [0.2, 0.25) is 0 Å².